The van der Waals surface area contributed by atoms with Gasteiger partial charge in [-0.2, -0.15) is 13.2 Å². The Bertz CT molecular complexity index is 617. The third-order valence-electron chi connectivity index (χ3n) is 3.04. The number of benzene rings is 1. The van der Waals surface area contributed by atoms with Crippen molar-refractivity contribution in [2.75, 3.05) is 5.73 Å². The minimum atomic E-state index is -4.39. The lowest BCUT2D eigenvalue weighted by atomic mass is 10.1. The van der Waals surface area contributed by atoms with Crippen LogP contribution in [0, 0.1) is 6.92 Å². The molecule has 108 valence electrons. The van der Waals surface area contributed by atoms with Crippen LogP contribution in [0.1, 0.15) is 30.2 Å². The molecule has 1 heterocycles. The van der Waals surface area contributed by atoms with E-state index in [-0.39, 0.29) is 5.82 Å². The average Bonchev–Trinajstić information content (AvgIpc) is 2.71. The number of nitrogens with two attached hydrogens (primary N) is 1. The second kappa shape index (κ2) is 5.15. The number of alkyl halides is 3. The van der Waals surface area contributed by atoms with Crippen molar-refractivity contribution < 1.29 is 13.2 Å². The van der Waals surface area contributed by atoms with Crippen LogP contribution in [-0.2, 0) is 12.6 Å². The minimum absolute atomic E-state index is 0.253. The van der Waals surface area contributed by atoms with E-state index in [4.69, 9.17) is 5.73 Å². The summed E-state index contributed by atoms with van der Waals surface area (Å²) in [6.45, 7) is 3.68. The summed E-state index contributed by atoms with van der Waals surface area (Å²) < 4.78 is 39.8. The van der Waals surface area contributed by atoms with Crippen LogP contribution in [0.5, 0.6) is 0 Å². The smallest absolute Gasteiger partial charge is 0.381 e. The van der Waals surface area contributed by atoms with Crippen molar-refractivity contribution in [3.63, 3.8) is 0 Å². The van der Waals surface area contributed by atoms with Gasteiger partial charge in [-0.05, 0) is 31.0 Å². The zero-order valence-corrected chi connectivity index (χ0v) is 11.2. The second-order valence-electron chi connectivity index (χ2n) is 4.58. The molecular weight excluding hydrogens is 269 g/mol. The van der Waals surface area contributed by atoms with Crippen LogP contribution in [0.2, 0.25) is 0 Å². The largest absolute Gasteiger partial charge is 0.416 e. The van der Waals surface area contributed by atoms with Gasteiger partial charge in [-0.15, -0.1) is 5.10 Å². The zero-order valence-electron chi connectivity index (χ0n) is 11.2. The van der Waals surface area contributed by atoms with Crippen LogP contribution in [-0.4, -0.2) is 15.0 Å². The molecule has 0 atom stereocenters. The molecule has 2 N–H and O–H groups in total. The van der Waals surface area contributed by atoms with Crippen molar-refractivity contribution in [2.24, 2.45) is 0 Å². The first kappa shape index (κ1) is 14.4. The van der Waals surface area contributed by atoms with E-state index in [2.05, 4.69) is 10.3 Å². The number of hydrogen-bond acceptors (Lipinski definition) is 3. The lowest BCUT2D eigenvalue weighted by molar-refractivity contribution is -0.137. The number of rotatable bonds is 3. The van der Waals surface area contributed by atoms with E-state index in [1.54, 1.807) is 6.92 Å². The van der Waals surface area contributed by atoms with Gasteiger partial charge in [0.2, 0.25) is 0 Å². The first-order valence-corrected chi connectivity index (χ1v) is 6.23. The molecule has 20 heavy (non-hydrogen) atoms. The molecule has 0 aliphatic heterocycles. The number of aromatic nitrogens is 3. The molecule has 4 nitrogen and oxygen atoms in total. The molecular formula is C13H15F3N4. The standard InChI is InChI=1S/C13H15F3N4/c1-3-4-10-12(17)18-19-20(10)11-7-9(13(14,15)16)6-5-8(11)2/h5-7H,3-4,17H2,1-2H3. The number of nitrogens with zero attached hydrogens (tertiary/aromatic N) is 3. The van der Waals surface area contributed by atoms with E-state index in [1.807, 2.05) is 6.92 Å². The van der Waals surface area contributed by atoms with E-state index in [0.29, 0.717) is 23.4 Å². The molecule has 1 aromatic carbocycles. The number of aryl methyl sites for hydroxylation is 1. The Hall–Kier alpha value is -2.05. The van der Waals surface area contributed by atoms with Gasteiger partial charge in [0, 0.05) is 0 Å². The molecule has 0 fully saturated rings. The monoisotopic (exact) mass is 284 g/mol. The number of hydrogen-bond donors (Lipinski definition) is 1. The van der Waals surface area contributed by atoms with Crippen molar-refractivity contribution in [3.8, 4) is 5.69 Å². The van der Waals surface area contributed by atoms with Crippen molar-refractivity contribution in [3.05, 3.63) is 35.0 Å². The van der Waals surface area contributed by atoms with Crippen LogP contribution >= 0.6 is 0 Å². The van der Waals surface area contributed by atoms with Crippen LogP contribution in [0.15, 0.2) is 18.2 Å². The third-order valence-corrected chi connectivity index (χ3v) is 3.04. The van der Waals surface area contributed by atoms with Gasteiger partial charge in [-0.1, -0.05) is 24.6 Å². The Kier molecular flexibility index (Phi) is 3.69. The number of anilines is 1. The quantitative estimate of drug-likeness (QED) is 0.942. The Balaban J connectivity index is 2.58. The van der Waals surface area contributed by atoms with Gasteiger partial charge in [-0.25, -0.2) is 4.68 Å². The van der Waals surface area contributed by atoms with Crippen molar-refractivity contribution in [1.82, 2.24) is 15.0 Å². The fourth-order valence-electron chi connectivity index (χ4n) is 1.99. The highest BCUT2D eigenvalue weighted by Gasteiger charge is 2.31. The zero-order chi connectivity index (χ0) is 14.9. The van der Waals surface area contributed by atoms with E-state index in [0.717, 1.165) is 18.6 Å². The number of nitrogen functional groups attached to an aromatic ring is 1. The summed E-state index contributed by atoms with van der Waals surface area (Å²) in [4.78, 5) is 0. The molecule has 0 radical (unpaired) electrons. The van der Waals surface area contributed by atoms with Gasteiger partial charge in [0.25, 0.3) is 0 Å². The maximum absolute atomic E-state index is 12.8. The van der Waals surface area contributed by atoms with Gasteiger partial charge < -0.3 is 5.73 Å². The molecule has 0 bridgehead atoms. The first-order valence-electron chi connectivity index (χ1n) is 6.23. The lowest BCUT2D eigenvalue weighted by Gasteiger charge is -2.13. The van der Waals surface area contributed by atoms with Crippen LogP contribution in [0.25, 0.3) is 5.69 Å². The molecule has 0 spiro atoms. The van der Waals surface area contributed by atoms with Crippen LogP contribution in [0.3, 0.4) is 0 Å². The summed E-state index contributed by atoms with van der Waals surface area (Å²) in [6, 6.07) is 3.55. The van der Waals surface area contributed by atoms with E-state index in [1.165, 1.54) is 10.7 Å². The molecule has 2 aromatic rings. The molecule has 0 amide bonds. The summed E-state index contributed by atoms with van der Waals surface area (Å²) in [5.74, 6) is 0.253. The van der Waals surface area contributed by atoms with Gasteiger partial charge in [0.05, 0.1) is 16.9 Å². The SMILES string of the molecule is CCCc1c(N)nnn1-c1cc(C(F)(F)F)ccc1C. The predicted molar refractivity (Wildman–Crippen MR) is 69.5 cm³/mol. The summed E-state index contributed by atoms with van der Waals surface area (Å²) in [6.07, 6.45) is -2.98. The summed E-state index contributed by atoms with van der Waals surface area (Å²) >= 11 is 0. The fraction of sp³-hybridized carbons (Fsp3) is 0.385. The highest BCUT2D eigenvalue weighted by molar-refractivity contribution is 5.47. The normalized spacial score (nSPS) is 11.8. The van der Waals surface area contributed by atoms with Gasteiger partial charge in [0.15, 0.2) is 5.82 Å². The molecule has 1 aromatic heterocycles. The van der Waals surface area contributed by atoms with Gasteiger partial charge in [0.1, 0.15) is 0 Å². The second-order valence-corrected chi connectivity index (χ2v) is 4.58. The van der Waals surface area contributed by atoms with Crippen LogP contribution < -0.4 is 5.73 Å². The van der Waals surface area contributed by atoms with Crippen LogP contribution in [0.4, 0.5) is 19.0 Å². The molecule has 0 aliphatic rings. The first-order chi connectivity index (χ1) is 9.34. The Morgan fingerprint density at radius 1 is 1.30 bits per heavy atom. The Morgan fingerprint density at radius 2 is 2.00 bits per heavy atom. The molecule has 0 saturated carbocycles. The van der Waals surface area contributed by atoms with Crippen molar-refractivity contribution in [2.45, 2.75) is 32.9 Å². The third kappa shape index (κ3) is 2.61. The molecule has 7 heteroatoms. The fourth-order valence-corrected chi connectivity index (χ4v) is 1.99. The highest BCUT2D eigenvalue weighted by Crippen LogP contribution is 2.32. The summed E-state index contributed by atoms with van der Waals surface area (Å²) in [5, 5.41) is 7.62. The summed E-state index contributed by atoms with van der Waals surface area (Å²) in [5.41, 5.74) is 6.68. The van der Waals surface area contributed by atoms with E-state index < -0.39 is 11.7 Å². The van der Waals surface area contributed by atoms with Crippen molar-refractivity contribution in [1.29, 1.82) is 0 Å². The van der Waals surface area contributed by atoms with Crippen molar-refractivity contribution >= 4 is 5.82 Å². The summed E-state index contributed by atoms with van der Waals surface area (Å²) in [7, 11) is 0. The number of halogens is 3. The molecule has 2 rings (SSSR count). The molecule has 0 saturated heterocycles. The topological polar surface area (TPSA) is 56.7 Å². The Morgan fingerprint density at radius 3 is 2.60 bits per heavy atom. The lowest BCUT2D eigenvalue weighted by Crippen LogP contribution is -2.10. The predicted octanol–water partition coefficient (Wildman–Crippen LogP) is 3.13. The minimum Gasteiger partial charge on any atom is -0.381 e. The molecule has 0 aliphatic carbocycles. The maximum atomic E-state index is 12.8. The van der Waals surface area contributed by atoms with Gasteiger partial charge in [-0.3, -0.25) is 0 Å². The van der Waals surface area contributed by atoms with E-state index in [9.17, 15) is 13.2 Å². The average molecular weight is 284 g/mol. The highest BCUT2D eigenvalue weighted by atomic mass is 19.4. The Labute approximate surface area is 114 Å². The van der Waals surface area contributed by atoms with E-state index >= 15 is 0 Å². The maximum Gasteiger partial charge on any atom is 0.416 e. The molecule has 0 unspecified atom stereocenters. The van der Waals surface area contributed by atoms with Gasteiger partial charge >= 0.3 is 6.18 Å².